The SMILES string of the molecule is O=C(Nc1ccc(-c2ccccc2Cl)c(P)c1)C1CCCCC1c1cccc(C(F)(F)F)n1. The summed E-state index contributed by atoms with van der Waals surface area (Å²) in [5.41, 5.74) is 1.86. The summed E-state index contributed by atoms with van der Waals surface area (Å²) in [7, 11) is 2.66. The van der Waals surface area contributed by atoms with Crippen molar-refractivity contribution in [3.8, 4) is 11.1 Å². The summed E-state index contributed by atoms with van der Waals surface area (Å²) >= 11 is 6.31. The molecule has 0 spiro atoms. The lowest BCUT2D eigenvalue weighted by atomic mass is 9.76. The molecule has 3 unspecified atom stereocenters. The Labute approximate surface area is 198 Å². The first-order valence-electron chi connectivity index (χ1n) is 10.7. The molecular formula is C25H23ClF3N2OP. The fourth-order valence-electron chi connectivity index (χ4n) is 4.41. The summed E-state index contributed by atoms with van der Waals surface area (Å²) in [6, 6.07) is 17.0. The van der Waals surface area contributed by atoms with Crippen LogP contribution in [-0.2, 0) is 11.0 Å². The number of nitrogens with one attached hydrogen (secondary N) is 1. The van der Waals surface area contributed by atoms with Crippen molar-refractivity contribution in [3.63, 3.8) is 0 Å². The average Bonchev–Trinajstić information content (AvgIpc) is 2.79. The van der Waals surface area contributed by atoms with E-state index in [4.69, 9.17) is 11.6 Å². The van der Waals surface area contributed by atoms with Gasteiger partial charge >= 0.3 is 6.18 Å². The lowest BCUT2D eigenvalue weighted by Gasteiger charge is -2.30. The van der Waals surface area contributed by atoms with Crippen molar-refractivity contribution >= 4 is 37.7 Å². The van der Waals surface area contributed by atoms with Gasteiger partial charge in [-0.25, -0.2) is 4.98 Å². The Morgan fingerprint density at radius 1 is 1.00 bits per heavy atom. The van der Waals surface area contributed by atoms with E-state index in [-0.39, 0.29) is 11.8 Å². The van der Waals surface area contributed by atoms with E-state index in [0.29, 0.717) is 29.2 Å². The smallest absolute Gasteiger partial charge is 0.326 e. The van der Waals surface area contributed by atoms with Gasteiger partial charge in [-0.3, -0.25) is 4.79 Å². The highest BCUT2D eigenvalue weighted by molar-refractivity contribution is 7.28. The molecule has 1 heterocycles. The quantitative estimate of drug-likeness (QED) is 0.407. The number of hydrogen-bond acceptors (Lipinski definition) is 2. The Bertz CT molecular complexity index is 1170. The lowest BCUT2D eigenvalue weighted by molar-refractivity contribution is -0.141. The third kappa shape index (κ3) is 5.39. The van der Waals surface area contributed by atoms with Crippen LogP contribution in [0.15, 0.2) is 60.7 Å². The zero-order valence-corrected chi connectivity index (χ0v) is 19.6. The van der Waals surface area contributed by atoms with E-state index >= 15 is 0 Å². The number of aromatic nitrogens is 1. The van der Waals surface area contributed by atoms with E-state index in [2.05, 4.69) is 19.5 Å². The van der Waals surface area contributed by atoms with Crippen molar-refractivity contribution in [3.05, 3.63) is 77.1 Å². The van der Waals surface area contributed by atoms with Crippen molar-refractivity contribution in [2.75, 3.05) is 5.32 Å². The third-order valence-corrected chi connectivity index (χ3v) is 6.83. The average molecular weight is 491 g/mol. The van der Waals surface area contributed by atoms with E-state index in [0.717, 1.165) is 35.3 Å². The number of amides is 1. The van der Waals surface area contributed by atoms with Gasteiger partial charge in [-0.05, 0) is 54.0 Å². The van der Waals surface area contributed by atoms with Gasteiger partial charge in [-0.1, -0.05) is 54.8 Å². The number of pyridine rings is 1. The predicted molar refractivity (Wildman–Crippen MR) is 129 cm³/mol. The van der Waals surface area contributed by atoms with Gasteiger partial charge in [-0.2, -0.15) is 13.2 Å². The Kier molecular flexibility index (Phi) is 7.06. The van der Waals surface area contributed by atoms with Gasteiger partial charge in [0.05, 0.1) is 0 Å². The molecule has 4 rings (SSSR count). The molecule has 3 nitrogen and oxygen atoms in total. The molecular weight excluding hydrogens is 468 g/mol. The highest BCUT2D eigenvalue weighted by Crippen LogP contribution is 2.39. The van der Waals surface area contributed by atoms with Gasteiger partial charge in [0.15, 0.2) is 0 Å². The minimum absolute atomic E-state index is 0.200. The van der Waals surface area contributed by atoms with Crippen LogP contribution in [0.3, 0.4) is 0 Å². The molecule has 8 heteroatoms. The third-order valence-electron chi connectivity index (χ3n) is 6.03. The molecule has 1 saturated carbocycles. The molecule has 0 aliphatic heterocycles. The molecule has 33 heavy (non-hydrogen) atoms. The molecule has 0 saturated heterocycles. The van der Waals surface area contributed by atoms with Crippen molar-refractivity contribution in [2.24, 2.45) is 5.92 Å². The number of halogens is 4. The second-order valence-electron chi connectivity index (χ2n) is 8.21. The number of anilines is 1. The number of carbonyl (C=O) groups excluding carboxylic acids is 1. The van der Waals surface area contributed by atoms with E-state index < -0.39 is 17.8 Å². The summed E-state index contributed by atoms with van der Waals surface area (Å²) in [5, 5.41) is 4.47. The summed E-state index contributed by atoms with van der Waals surface area (Å²) < 4.78 is 39.4. The standard InChI is InChI=1S/C25H23ClF3N2OP/c26-20-9-4-3-6-16(20)18-13-12-15(14-22(18)33)30-24(32)19-8-2-1-7-17(19)21-10-5-11-23(31-21)25(27,28)29/h3-6,9-14,17,19H,1-2,7-8,33H2,(H,30,32). The molecule has 1 aliphatic carbocycles. The van der Waals surface area contributed by atoms with Crippen molar-refractivity contribution in [2.45, 2.75) is 37.8 Å². The number of alkyl halides is 3. The van der Waals surface area contributed by atoms with Crippen molar-refractivity contribution in [1.82, 2.24) is 4.98 Å². The van der Waals surface area contributed by atoms with Crippen LogP contribution in [0.2, 0.25) is 5.02 Å². The Morgan fingerprint density at radius 2 is 1.76 bits per heavy atom. The molecule has 0 bridgehead atoms. The highest BCUT2D eigenvalue weighted by Gasteiger charge is 2.36. The van der Waals surface area contributed by atoms with E-state index in [1.54, 1.807) is 6.07 Å². The van der Waals surface area contributed by atoms with Gasteiger partial charge < -0.3 is 5.32 Å². The summed E-state index contributed by atoms with van der Waals surface area (Å²) in [5.74, 6) is -0.987. The van der Waals surface area contributed by atoms with E-state index in [1.165, 1.54) is 6.07 Å². The van der Waals surface area contributed by atoms with Crippen LogP contribution in [-0.4, -0.2) is 10.9 Å². The summed E-state index contributed by atoms with van der Waals surface area (Å²) in [6.45, 7) is 0. The molecule has 1 N–H and O–H groups in total. The molecule has 1 amide bonds. The molecule has 1 aliphatic rings. The number of carbonyl (C=O) groups is 1. The van der Waals surface area contributed by atoms with Crippen LogP contribution in [0.1, 0.15) is 43.0 Å². The van der Waals surface area contributed by atoms with Crippen molar-refractivity contribution in [1.29, 1.82) is 0 Å². The minimum Gasteiger partial charge on any atom is -0.326 e. The number of hydrogen-bond donors (Lipinski definition) is 1. The molecule has 1 fully saturated rings. The van der Waals surface area contributed by atoms with Crippen molar-refractivity contribution < 1.29 is 18.0 Å². The number of benzene rings is 2. The highest BCUT2D eigenvalue weighted by atomic mass is 35.5. The van der Waals surface area contributed by atoms with Crippen LogP contribution in [0.5, 0.6) is 0 Å². The van der Waals surface area contributed by atoms with Gasteiger partial charge in [0.2, 0.25) is 5.91 Å². The molecule has 3 aromatic rings. The zero-order valence-electron chi connectivity index (χ0n) is 17.7. The van der Waals surface area contributed by atoms with Gasteiger partial charge in [-0.15, -0.1) is 9.24 Å². The Balaban J connectivity index is 1.55. The lowest BCUT2D eigenvalue weighted by Crippen LogP contribution is -2.31. The summed E-state index contributed by atoms with van der Waals surface area (Å²) in [4.78, 5) is 17.0. The van der Waals surface area contributed by atoms with E-state index in [1.807, 2.05) is 42.5 Å². The largest absolute Gasteiger partial charge is 0.433 e. The van der Waals surface area contributed by atoms with Crippen LogP contribution in [0.25, 0.3) is 11.1 Å². The van der Waals surface area contributed by atoms with Crippen LogP contribution in [0, 0.1) is 5.92 Å². The number of rotatable bonds is 4. The number of nitrogens with zero attached hydrogens (tertiary/aromatic N) is 1. The zero-order chi connectivity index (χ0) is 23.6. The normalized spacial score (nSPS) is 18.7. The Hall–Kier alpha value is -2.43. The molecule has 1 aromatic heterocycles. The molecule has 172 valence electrons. The molecule has 2 aromatic carbocycles. The fraction of sp³-hybridized carbons (Fsp3) is 0.280. The first kappa shape index (κ1) is 23.7. The van der Waals surface area contributed by atoms with Gasteiger partial charge in [0.25, 0.3) is 0 Å². The van der Waals surface area contributed by atoms with Gasteiger partial charge in [0, 0.05) is 33.8 Å². The monoisotopic (exact) mass is 490 g/mol. The Morgan fingerprint density at radius 3 is 2.48 bits per heavy atom. The summed E-state index contributed by atoms with van der Waals surface area (Å²) in [6.07, 6.45) is -1.56. The fourth-order valence-corrected chi connectivity index (χ4v) is 5.08. The topological polar surface area (TPSA) is 42.0 Å². The maximum atomic E-state index is 13.2. The molecule has 3 atom stereocenters. The van der Waals surface area contributed by atoms with Crippen LogP contribution in [0.4, 0.5) is 18.9 Å². The van der Waals surface area contributed by atoms with E-state index in [9.17, 15) is 18.0 Å². The molecule has 0 radical (unpaired) electrons. The second-order valence-corrected chi connectivity index (χ2v) is 9.24. The predicted octanol–water partition coefficient (Wildman–Crippen LogP) is 6.83. The first-order chi connectivity index (χ1) is 15.7. The maximum absolute atomic E-state index is 13.2. The maximum Gasteiger partial charge on any atom is 0.433 e. The first-order valence-corrected chi connectivity index (χ1v) is 11.7. The van der Waals surface area contributed by atoms with Crippen LogP contribution < -0.4 is 10.6 Å². The minimum atomic E-state index is -4.51. The van der Waals surface area contributed by atoms with Gasteiger partial charge in [0.1, 0.15) is 5.69 Å². The van der Waals surface area contributed by atoms with Crippen LogP contribution >= 0.6 is 20.8 Å². The second kappa shape index (κ2) is 9.82.